The molecule has 192 valence electrons. The van der Waals surface area contributed by atoms with Crippen molar-refractivity contribution < 1.29 is 22.7 Å². The van der Waals surface area contributed by atoms with Gasteiger partial charge in [-0.3, -0.25) is 14.0 Å². The van der Waals surface area contributed by atoms with Gasteiger partial charge in [0.25, 0.3) is 15.9 Å². The van der Waals surface area contributed by atoms with Crippen LogP contribution in [0.5, 0.6) is 11.5 Å². The first-order chi connectivity index (χ1) is 17.9. The molecule has 0 aromatic heterocycles. The number of anilines is 1. The highest BCUT2D eigenvalue weighted by molar-refractivity contribution is 7.92. The van der Waals surface area contributed by atoms with Gasteiger partial charge in [-0.2, -0.15) is 0 Å². The van der Waals surface area contributed by atoms with Gasteiger partial charge in [0.05, 0.1) is 10.6 Å². The fourth-order valence-electron chi connectivity index (χ4n) is 5.40. The topological polar surface area (TPSA) is 79.4 Å². The van der Waals surface area contributed by atoms with E-state index < -0.39 is 10.0 Å². The number of hydrogen-bond acceptors (Lipinski definition) is 6. The number of fused-ring (bicyclic) bond motifs is 2. The molecule has 0 aliphatic carbocycles. The average Bonchev–Trinajstić information content (AvgIpc) is 3.52. The first-order valence-corrected chi connectivity index (χ1v) is 14.0. The fourth-order valence-corrected chi connectivity index (χ4v) is 7.13. The van der Waals surface area contributed by atoms with Crippen molar-refractivity contribution in [2.45, 2.75) is 30.8 Å². The Kier molecular flexibility index (Phi) is 6.04. The minimum atomic E-state index is -3.80. The predicted octanol–water partition coefficient (Wildman–Crippen LogP) is 3.51. The van der Waals surface area contributed by atoms with Crippen LogP contribution < -0.4 is 13.8 Å². The lowest BCUT2D eigenvalue weighted by atomic mass is 10.1. The smallest absolute Gasteiger partial charge is 0.264 e. The molecule has 0 unspecified atom stereocenters. The second-order valence-corrected chi connectivity index (χ2v) is 11.6. The third kappa shape index (κ3) is 4.42. The summed E-state index contributed by atoms with van der Waals surface area (Å²) in [5.74, 6) is 1.40. The first-order valence-electron chi connectivity index (χ1n) is 12.5. The predicted molar refractivity (Wildman–Crippen MR) is 139 cm³/mol. The van der Waals surface area contributed by atoms with Crippen LogP contribution in [0.1, 0.15) is 28.4 Å². The van der Waals surface area contributed by atoms with Crippen LogP contribution in [0.3, 0.4) is 0 Å². The SMILES string of the molecule is C[C@@H]1Cc2ccccc2N1S(=O)(=O)c1cccc(C(=O)N2CCN(Cc3ccc4c(c3)OCO4)CC2)c1. The number of ether oxygens (including phenoxy) is 2. The van der Waals surface area contributed by atoms with Gasteiger partial charge in [-0.15, -0.1) is 0 Å². The van der Waals surface area contributed by atoms with Gasteiger partial charge in [-0.25, -0.2) is 8.42 Å². The van der Waals surface area contributed by atoms with Gasteiger partial charge in [0.1, 0.15) is 0 Å². The molecule has 3 aliphatic heterocycles. The Labute approximate surface area is 217 Å². The minimum Gasteiger partial charge on any atom is -0.454 e. The number of benzene rings is 3. The molecule has 0 radical (unpaired) electrons. The summed E-state index contributed by atoms with van der Waals surface area (Å²) in [5.41, 5.74) is 3.26. The number of amides is 1. The summed E-state index contributed by atoms with van der Waals surface area (Å²) in [6.45, 7) is 5.57. The Hall–Kier alpha value is -3.56. The molecule has 3 aliphatic rings. The maximum absolute atomic E-state index is 13.6. The molecule has 3 aromatic rings. The lowest BCUT2D eigenvalue weighted by molar-refractivity contribution is 0.0628. The van der Waals surface area contributed by atoms with Gasteiger partial charge in [0, 0.05) is 44.3 Å². The number of nitrogens with zero attached hydrogens (tertiary/aromatic N) is 3. The molecular weight excluding hydrogens is 490 g/mol. The van der Waals surface area contributed by atoms with E-state index in [4.69, 9.17) is 9.47 Å². The molecule has 0 saturated carbocycles. The quantitative estimate of drug-likeness (QED) is 0.513. The van der Waals surface area contributed by atoms with E-state index in [2.05, 4.69) is 4.90 Å². The lowest BCUT2D eigenvalue weighted by Crippen LogP contribution is -2.48. The number of sulfonamides is 1. The maximum atomic E-state index is 13.6. The standard InChI is InChI=1S/C28H29N3O5S/c1-20-15-22-5-2-3-8-25(22)31(20)37(33,34)24-7-4-6-23(17-24)28(32)30-13-11-29(12-14-30)18-21-9-10-26-27(16-21)36-19-35-26/h2-10,16-17,20H,11-15,18-19H2,1H3/t20-/m1/s1. The van der Waals surface area contributed by atoms with Crippen molar-refractivity contribution in [2.24, 2.45) is 0 Å². The molecule has 1 atom stereocenters. The number of carbonyl (C=O) groups is 1. The highest BCUT2D eigenvalue weighted by atomic mass is 32.2. The Morgan fingerprint density at radius 3 is 2.54 bits per heavy atom. The lowest BCUT2D eigenvalue weighted by Gasteiger charge is -2.35. The third-order valence-corrected chi connectivity index (χ3v) is 9.21. The van der Waals surface area contributed by atoms with E-state index >= 15 is 0 Å². The van der Waals surface area contributed by atoms with Crippen molar-refractivity contribution in [3.8, 4) is 11.5 Å². The van der Waals surface area contributed by atoms with Crippen LogP contribution in [0.4, 0.5) is 5.69 Å². The highest BCUT2D eigenvalue weighted by Crippen LogP contribution is 2.37. The van der Waals surface area contributed by atoms with E-state index in [-0.39, 0.29) is 23.6 Å². The molecule has 1 saturated heterocycles. The Bertz CT molecular complexity index is 1450. The molecule has 0 N–H and O–H groups in total. The van der Waals surface area contributed by atoms with Crippen LogP contribution in [0.25, 0.3) is 0 Å². The summed E-state index contributed by atoms with van der Waals surface area (Å²) in [7, 11) is -3.80. The molecule has 0 bridgehead atoms. The van der Waals surface area contributed by atoms with Crippen LogP contribution in [0.2, 0.25) is 0 Å². The van der Waals surface area contributed by atoms with Crippen LogP contribution in [-0.4, -0.2) is 63.1 Å². The van der Waals surface area contributed by atoms with E-state index in [9.17, 15) is 13.2 Å². The molecule has 3 aromatic carbocycles. The van der Waals surface area contributed by atoms with Crippen molar-refractivity contribution in [3.05, 3.63) is 83.4 Å². The molecule has 8 nitrogen and oxygen atoms in total. The third-order valence-electron chi connectivity index (χ3n) is 7.29. The van der Waals surface area contributed by atoms with Crippen LogP contribution in [0.15, 0.2) is 71.6 Å². The summed E-state index contributed by atoms with van der Waals surface area (Å²) in [6, 6.07) is 19.8. The maximum Gasteiger partial charge on any atom is 0.264 e. The van der Waals surface area contributed by atoms with Gasteiger partial charge in [0.2, 0.25) is 6.79 Å². The zero-order valence-corrected chi connectivity index (χ0v) is 21.5. The van der Waals surface area contributed by atoms with Gasteiger partial charge < -0.3 is 14.4 Å². The molecule has 3 heterocycles. The van der Waals surface area contributed by atoms with Crippen LogP contribution in [-0.2, 0) is 23.0 Å². The minimum absolute atomic E-state index is 0.142. The normalized spacial score (nSPS) is 19.2. The van der Waals surface area contributed by atoms with E-state index in [0.29, 0.717) is 30.8 Å². The zero-order valence-electron chi connectivity index (χ0n) is 20.7. The van der Waals surface area contributed by atoms with Crippen LogP contribution >= 0.6 is 0 Å². The number of carbonyl (C=O) groups excluding carboxylic acids is 1. The van der Waals surface area contributed by atoms with E-state index in [1.807, 2.05) is 49.4 Å². The van der Waals surface area contributed by atoms with Gasteiger partial charge in [-0.05, 0) is 60.9 Å². The van der Waals surface area contributed by atoms with Crippen molar-refractivity contribution in [1.82, 2.24) is 9.80 Å². The fraction of sp³-hybridized carbons (Fsp3) is 0.321. The molecular formula is C28H29N3O5S. The summed E-state index contributed by atoms with van der Waals surface area (Å²) < 4.78 is 39.6. The second-order valence-electron chi connectivity index (χ2n) is 9.77. The molecule has 6 rings (SSSR count). The second kappa shape index (κ2) is 9.39. The van der Waals surface area contributed by atoms with Crippen molar-refractivity contribution in [3.63, 3.8) is 0 Å². The van der Waals surface area contributed by atoms with Crippen molar-refractivity contribution in [1.29, 1.82) is 0 Å². The Morgan fingerprint density at radius 1 is 0.919 bits per heavy atom. The monoisotopic (exact) mass is 519 g/mol. The van der Waals surface area contributed by atoms with Crippen LogP contribution in [0, 0.1) is 0 Å². The number of para-hydroxylation sites is 1. The van der Waals surface area contributed by atoms with Gasteiger partial charge in [0.15, 0.2) is 11.5 Å². The molecule has 1 amide bonds. The average molecular weight is 520 g/mol. The van der Waals surface area contributed by atoms with Gasteiger partial charge in [-0.1, -0.05) is 30.3 Å². The molecule has 9 heteroatoms. The highest BCUT2D eigenvalue weighted by Gasteiger charge is 2.36. The van der Waals surface area contributed by atoms with E-state index in [1.54, 1.807) is 23.1 Å². The van der Waals surface area contributed by atoms with Gasteiger partial charge >= 0.3 is 0 Å². The van der Waals surface area contributed by atoms with E-state index in [1.165, 1.54) is 10.4 Å². The number of rotatable bonds is 5. The van der Waals surface area contributed by atoms with Crippen molar-refractivity contribution in [2.75, 3.05) is 37.3 Å². The summed E-state index contributed by atoms with van der Waals surface area (Å²) in [6.07, 6.45) is 0.671. The van der Waals surface area contributed by atoms with Crippen molar-refractivity contribution >= 4 is 21.6 Å². The summed E-state index contributed by atoms with van der Waals surface area (Å²) in [5, 5.41) is 0. The Balaban J connectivity index is 1.13. The molecule has 1 fully saturated rings. The zero-order chi connectivity index (χ0) is 25.6. The molecule has 0 spiro atoms. The summed E-state index contributed by atoms with van der Waals surface area (Å²) in [4.78, 5) is 17.6. The number of hydrogen-bond donors (Lipinski definition) is 0. The first kappa shape index (κ1) is 23.8. The van der Waals surface area contributed by atoms with E-state index in [0.717, 1.165) is 42.3 Å². The Morgan fingerprint density at radius 2 is 1.70 bits per heavy atom. The number of piperazine rings is 1. The largest absolute Gasteiger partial charge is 0.454 e. The molecule has 37 heavy (non-hydrogen) atoms. The summed E-state index contributed by atoms with van der Waals surface area (Å²) >= 11 is 0.